The number of nitrogens with zero attached hydrogens (tertiary/aromatic N) is 4. The molecule has 2 aromatic heterocycles. The SMILES string of the molecule is C#CCCNC(=O)OC(C)(C)C.Cl.NCc1cn[nH]n1.N[C@@H](CC(=O)O)C(=O)O.O=C(NCc1cn[nH]n1)OC(F)(F)F.O=C(OC(F)(F)F)OC(F)(F)F.O=C1C[C@H](CC(=O)C(F)(F)F)C(=O)O1. The molecule has 394 valence electrons. The lowest BCUT2D eigenvalue weighted by molar-refractivity contribution is -0.338. The average Bonchev–Trinajstić information content (AvgIpc) is 3.92. The van der Waals surface area contributed by atoms with E-state index in [4.69, 9.17) is 32.8 Å². The maximum absolute atomic E-state index is 11.7. The second-order valence-electron chi connectivity index (χ2n) is 12.4. The van der Waals surface area contributed by atoms with Gasteiger partial charge in [-0.15, -0.1) is 64.3 Å². The minimum absolute atomic E-state index is 0. The molecule has 0 saturated carbocycles. The number of carboxylic acids is 2. The fourth-order valence-corrected chi connectivity index (χ4v) is 2.99. The van der Waals surface area contributed by atoms with Gasteiger partial charge >= 0.3 is 67.5 Å². The molecule has 0 bridgehead atoms. The number of hydrogen-bond acceptors (Lipinski definition) is 19. The van der Waals surface area contributed by atoms with Crippen LogP contribution in [0.4, 0.5) is 67.1 Å². The number of hydrogen-bond donors (Lipinski definition) is 8. The van der Waals surface area contributed by atoms with Crippen molar-refractivity contribution < 1.29 is 125 Å². The number of esters is 2. The van der Waals surface area contributed by atoms with E-state index in [0.29, 0.717) is 25.2 Å². The van der Waals surface area contributed by atoms with E-state index < -0.39 is 110 Å². The van der Waals surface area contributed by atoms with Gasteiger partial charge in [0.15, 0.2) is 0 Å². The Hall–Kier alpha value is -7.23. The van der Waals surface area contributed by atoms with Crippen molar-refractivity contribution in [3.63, 3.8) is 0 Å². The quantitative estimate of drug-likeness (QED) is 0.0422. The van der Waals surface area contributed by atoms with Gasteiger partial charge in [0.25, 0.3) is 0 Å². The highest BCUT2D eigenvalue weighted by molar-refractivity contribution is 5.98. The number of halogens is 13. The van der Waals surface area contributed by atoms with Gasteiger partial charge in [-0.05, 0) is 20.8 Å². The number of cyclic esters (lactones) is 2. The number of ether oxygens (including phenoxy) is 5. The van der Waals surface area contributed by atoms with Crippen LogP contribution in [0.2, 0.25) is 0 Å². The first-order chi connectivity index (χ1) is 30.8. The predicted molar refractivity (Wildman–Crippen MR) is 197 cm³/mol. The van der Waals surface area contributed by atoms with E-state index in [2.05, 4.69) is 61.0 Å². The second kappa shape index (κ2) is 32.5. The lowest BCUT2D eigenvalue weighted by Crippen LogP contribution is -2.32. The van der Waals surface area contributed by atoms with Crippen molar-refractivity contribution in [1.29, 1.82) is 0 Å². The highest BCUT2D eigenvalue weighted by Gasteiger charge is 2.44. The Morgan fingerprint density at radius 2 is 1.29 bits per heavy atom. The monoisotopic (exact) mass is 1050 g/mol. The van der Waals surface area contributed by atoms with Gasteiger partial charge in [0.2, 0.25) is 5.78 Å². The van der Waals surface area contributed by atoms with E-state index in [-0.39, 0.29) is 19.0 Å². The molecule has 25 nitrogen and oxygen atoms in total. The second-order valence-corrected chi connectivity index (χ2v) is 12.4. The van der Waals surface area contributed by atoms with Gasteiger partial charge in [-0.25, -0.2) is 14.4 Å². The highest BCUT2D eigenvalue weighted by atomic mass is 35.5. The summed E-state index contributed by atoms with van der Waals surface area (Å²) in [4.78, 5) is 82.2. The summed E-state index contributed by atoms with van der Waals surface area (Å²) in [6, 6.07) is -1.29. The van der Waals surface area contributed by atoms with Crippen LogP contribution in [-0.4, -0.2) is 132 Å². The van der Waals surface area contributed by atoms with E-state index >= 15 is 0 Å². The Morgan fingerprint density at radius 1 is 0.826 bits per heavy atom. The summed E-state index contributed by atoms with van der Waals surface area (Å²) in [6.07, 6.45) is -19.4. The third-order valence-corrected chi connectivity index (χ3v) is 5.52. The number of aromatic amines is 2. The van der Waals surface area contributed by atoms with Crippen LogP contribution in [0.3, 0.4) is 0 Å². The first kappa shape index (κ1) is 68.4. The summed E-state index contributed by atoms with van der Waals surface area (Å²) in [6.45, 7) is 6.17. The molecule has 3 heterocycles. The molecule has 1 saturated heterocycles. The van der Waals surface area contributed by atoms with Gasteiger partial charge in [-0.1, -0.05) is 0 Å². The number of carboxylic acid groups (broad SMARTS) is 2. The number of H-pyrrole nitrogens is 2. The molecule has 2 amide bonds. The van der Waals surface area contributed by atoms with Crippen LogP contribution in [0.1, 0.15) is 57.8 Å². The molecule has 0 spiro atoms. The number of ketones is 1. The van der Waals surface area contributed by atoms with Crippen molar-refractivity contribution in [3.05, 3.63) is 23.8 Å². The number of terminal acetylenes is 1. The average molecular weight is 1060 g/mol. The fraction of sp³-hybridized carbons (Fsp3) is 0.548. The number of carbonyl (C=O) groups is 8. The summed E-state index contributed by atoms with van der Waals surface area (Å²) in [5.74, 6) is -5.34. The minimum atomic E-state index is -5.48. The van der Waals surface area contributed by atoms with Gasteiger partial charge in [0.05, 0.1) is 43.4 Å². The Kier molecular flexibility index (Phi) is 32.2. The number of alkyl carbamates (subject to hydrolysis) is 2. The van der Waals surface area contributed by atoms with Gasteiger partial charge in [-0.3, -0.25) is 24.0 Å². The maximum Gasteiger partial charge on any atom is 0.577 e. The van der Waals surface area contributed by atoms with Crippen LogP contribution in [0.25, 0.3) is 0 Å². The number of alkyl halides is 12. The van der Waals surface area contributed by atoms with E-state index in [1.807, 2.05) is 26.1 Å². The van der Waals surface area contributed by atoms with Crippen molar-refractivity contribution in [2.45, 2.75) is 96.5 Å². The number of amides is 2. The predicted octanol–water partition coefficient (Wildman–Crippen LogP) is 3.42. The lowest BCUT2D eigenvalue weighted by atomic mass is 10.0. The zero-order valence-corrected chi connectivity index (χ0v) is 35.7. The van der Waals surface area contributed by atoms with E-state index in [0.717, 1.165) is 5.69 Å². The van der Waals surface area contributed by atoms with Crippen molar-refractivity contribution >= 4 is 60.4 Å². The first-order valence-corrected chi connectivity index (χ1v) is 17.2. The van der Waals surface area contributed by atoms with Crippen molar-refractivity contribution in [2.24, 2.45) is 17.4 Å². The van der Waals surface area contributed by atoms with Crippen LogP contribution in [0.5, 0.6) is 0 Å². The molecule has 1 aliphatic heterocycles. The van der Waals surface area contributed by atoms with Gasteiger partial charge in [-0.2, -0.15) is 44.0 Å². The minimum Gasteiger partial charge on any atom is -0.481 e. The molecule has 2 atom stereocenters. The molecule has 0 aromatic carbocycles. The number of carbonyl (C=O) groups excluding carboxylic acids is 6. The summed E-state index contributed by atoms with van der Waals surface area (Å²) in [7, 11) is 0. The summed E-state index contributed by atoms with van der Waals surface area (Å²) in [5, 5.41) is 39.2. The van der Waals surface area contributed by atoms with Gasteiger partial charge in [0.1, 0.15) is 17.3 Å². The Labute approximate surface area is 383 Å². The summed E-state index contributed by atoms with van der Waals surface area (Å²) < 4.78 is 152. The third kappa shape index (κ3) is 44.4. The first-order valence-electron chi connectivity index (χ1n) is 17.2. The van der Waals surface area contributed by atoms with Crippen molar-refractivity contribution in [2.75, 3.05) is 6.54 Å². The Morgan fingerprint density at radius 3 is 1.59 bits per heavy atom. The molecule has 0 unspecified atom stereocenters. The normalized spacial score (nSPS) is 13.3. The van der Waals surface area contributed by atoms with E-state index in [9.17, 15) is 91.0 Å². The Balaban J connectivity index is -0.000000371. The molecule has 69 heavy (non-hydrogen) atoms. The van der Waals surface area contributed by atoms with Crippen LogP contribution in [-0.2, 0) is 60.7 Å². The van der Waals surface area contributed by atoms with Crippen molar-refractivity contribution in [1.82, 2.24) is 41.5 Å². The van der Waals surface area contributed by atoms with Gasteiger partial charge in [0, 0.05) is 25.9 Å². The zero-order chi connectivity index (χ0) is 53.7. The zero-order valence-electron chi connectivity index (χ0n) is 34.9. The number of Topliss-reactive ketones (excluding diaryl/α,β-unsaturated/α-hetero) is 1. The molecule has 1 fully saturated rings. The molecular formula is C31H39ClF12N10O15. The highest BCUT2D eigenvalue weighted by Crippen LogP contribution is 2.26. The molecular weight excluding hydrogens is 1020 g/mol. The van der Waals surface area contributed by atoms with Gasteiger partial charge < -0.3 is 56.0 Å². The molecule has 10 N–H and O–H groups in total. The van der Waals surface area contributed by atoms with E-state index in [1.165, 1.54) is 6.20 Å². The number of rotatable bonds is 10. The lowest BCUT2D eigenvalue weighted by Gasteiger charge is -2.19. The van der Waals surface area contributed by atoms with Crippen LogP contribution >= 0.6 is 12.4 Å². The number of aliphatic carboxylic acids is 2. The van der Waals surface area contributed by atoms with Crippen LogP contribution in [0, 0.1) is 18.3 Å². The standard InChI is InChI=1S/C9H15NO2.C7H5F3O4.C5H5F3N4O2.C4H7NO4.C3F6O3.C3H6N4.ClH/c1-5-6-7-10-8(11)12-9(2,3)4;8-7(9,10)4(11)1-3-2-5(12)14-6(3)13;6-5(7,8)14-4(13)9-1-3-2-10-12-11-3;5-2(4(8)9)1-3(6)7;4-2(5,6)11-1(10)12-3(7,8)9;4-1-3-2-5-7-6-3;/h1H,6-7H2,2-4H3,(H,10,11);3H,1-2H2;2H,1H2,(H,9,13)(H,10,11,12);2H,1,5H2,(H,6,7)(H,8,9);;2H,1,4H2,(H,5,6,7);1H/t;3-;;2-;;;/m.0.0.../s1. The maximum atomic E-state index is 11.7. The Bertz CT molecular complexity index is 1910. The number of nitrogens with one attached hydrogen (secondary N) is 4. The number of nitrogens with two attached hydrogens (primary N) is 2. The van der Waals surface area contributed by atoms with Crippen LogP contribution < -0.4 is 22.1 Å². The molecule has 2 aromatic rings. The van der Waals surface area contributed by atoms with E-state index in [1.54, 1.807) is 6.20 Å². The largest absolute Gasteiger partial charge is 0.577 e. The third-order valence-electron chi connectivity index (χ3n) is 5.52. The molecule has 3 rings (SSSR count). The summed E-state index contributed by atoms with van der Waals surface area (Å²) in [5.41, 5.74) is 10.7. The van der Waals surface area contributed by atoms with Crippen molar-refractivity contribution in [3.8, 4) is 12.3 Å². The summed E-state index contributed by atoms with van der Waals surface area (Å²) >= 11 is 0. The fourth-order valence-electron chi connectivity index (χ4n) is 2.99. The molecule has 0 aliphatic carbocycles. The van der Waals surface area contributed by atoms with Crippen LogP contribution in [0.15, 0.2) is 12.4 Å². The smallest absolute Gasteiger partial charge is 0.481 e. The molecule has 0 radical (unpaired) electrons. The molecule has 38 heteroatoms. The number of aromatic nitrogens is 6. The topological polar surface area (TPSA) is 382 Å². The molecule has 1 aliphatic rings.